The van der Waals surface area contributed by atoms with Crippen LogP contribution in [-0.2, 0) is 4.74 Å². The predicted octanol–water partition coefficient (Wildman–Crippen LogP) is 3.29. The zero-order valence-electron chi connectivity index (χ0n) is 12.7. The summed E-state index contributed by atoms with van der Waals surface area (Å²) in [5.41, 5.74) is 1.57. The van der Waals surface area contributed by atoms with Crippen LogP contribution < -0.4 is 5.56 Å². The van der Waals surface area contributed by atoms with Crippen molar-refractivity contribution in [2.75, 3.05) is 6.61 Å². The number of rotatable bonds is 4. The fourth-order valence-corrected chi connectivity index (χ4v) is 2.63. The van der Waals surface area contributed by atoms with Crippen LogP contribution >= 0.6 is 0 Å². The SMILES string of the molecule is CCOC(c1ccccc1)n1c(C)nc2ccccc2c1=O. The Morgan fingerprint density at radius 1 is 1.09 bits per heavy atom. The second-order valence-corrected chi connectivity index (χ2v) is 5.07. The number of aromatic nitrogens is 2. The van der Waals surface area contributed by atoms with Gasteiger partial charge >= 0.3 is 0 Å². The van der Waals surface area contributed by atoms with Crippen molar-refractivity contribution in [3.63, 3.8) is 0 Å². The van der Waals surface area contributed by atoms with Crippen molar-refractivity contribution in [3.8, 4) is 0 Å². The summed E-state index contributed by atoms with van der Waals surface area (Å²) >= 11 is 0. The predicted molar refractivity (Wildman–Crippen MR) is 86.9 cm³/mol. The fraction of sp³-hybridized carbons (Fsp3) is 0.222. The molecule has 0 fully saturated rings. The third kappa shape index (κ3) is 2.53. The van der Waals surface area contributed by atoms with E-state index in [1.54, 1.807) is 10.6 Å². The molecule has 4 heteroatoms. The topological polar surface area (TPSA) is 44.1 Å². The highest BCUT2D eigenvalue weighted by Crippen LogP contribution is 2.20. The molecule has 0 saturated carbocycles. The van der Waals surface area contributed by atoms with E-state index in [0.29, 0.717) is 23.3 Å². The van der Waals surface area contributed by atoms with Crippen molar-refractivity contribution in [2.45, 2.75) is 20.1 Å². The van der Waals surface area contributed by atoms with Gasteiger partial charge < -0.3 is 4.74 Å². The third-order valence-corrected chi connectivity index (χ3v) is 3.63. The normalized spacial score (nSPS) is 12.5. The molecule has 3 rings (SSSR count). The van der Waals surface area contributed by atoms with Crippen LogP contribution in [-0.4, -0.2) is 16.2 Å². The lowest BCUT2D eigenvalue weighted by Crippen LogP contribution is -2.30. The van der Waals surface area contributed by atoms with E-state index in [1.165, 1.54) is 0 Å². The van der Waals surface area contributed by atoms with Crippen LogP contribution in [0.4, 0.5) is 0 Å². The Morgan fingerprint density at radius 3 is 2.50 bits per heavy atom. The van der Waals surface area contributed by atoms with Gasteiger partial charge in [-0.05, 0) is 26.0 Å². The second kappa shape index (κ2) is 6.12. The number of fused-ring (bicyclic) bond motifs is 1. The molecule has 112 valence electrons. The number of ether oxygens (including phenoxy) is 1. The van der Waals surface area contributed by atoms with E-state index in [9.17, 15) is 4.79 Å². The number of aryl methyl sites for hydroxylation is 1. The van der Waals surface area contributed by atoms with Gasteiger partial charge in [0.15, 0.2) is 6.23 Å². The largest absolute Gasteiger partial charge is 0.354 e. The van der Waals surface area contributed by atoms with E-state index in [2.05, 4.69) is 4.98 Å². The van der Waals surface area contributed by atoms with Gasteiger partial charge in [-0.2, -0.15) is 0 Å². The Hall–Kier alpha value is -2.46. The smallest absolute Gasteiger partial charge is 0.263 e. The van der Waals surface area contributed by atoms with Crippen LogP contribution in [0, 0.1) is 6.92 Å². The number of hydrogen-bond acceptors (Lipinski definition) is 3. The average molecular weight is 294 g/mol. The van der Waals surface area contributed by atoms with Gasteiger partial charge in [0.25, 0.3) is 5.56 Å². The van der Waals surface area contributed by atoms with Crippen LogP contribution in [0.1, 0.15) is 24.5 Å². The molecule has 2 aromatic carbocycles. The van der Waals surface area contributed by atoms with Crippen molar-refractivity contribution in [1.29, 1.82) is 0 Å². The van der Waals surface area contributed by atoms with Crippen molar-refractivity contribution in [2.24, 2.45) is 0 Å². The molecule has 1 unspecified atom stereocenters. The quantitative estimate of drug-likeness (QED) is 0.741. The van der Waals surface area contributed by atoms with Gasteiger partial charge in [-0.25, -0.2) is 4.98 Å². The van der Waals surface area contributed by atoms with Gasteiger partial charge in [0.2, 0.25) is 0 Å². The Morgan fingerprint density at radius 2 is 1.77 bits per heavy atom. The lowest BCUT2D eigenvalue weighted by Gasteiger charge is -2.22. The van der Waals surface area contributed by atoms with Gasteiger partial charge in [-0.3, -0.25) is 9.36 Å². The minimum atomic E-state index is -0.462. The van der Waals surface area contributed by atoms with Crippen molar-refractivity contribution in [3.05, 3.63) is 76.3 Å². The second-order valence-electron chi connectivity index (χ2n) is 5.07. The molecular weight excluding hydrogens is 276 g/mol. The lowest BCUT2D eigenvalue weighted by molar-refractivity contribution is 0.0367. The monoisotopic (exact) mass is 294 g/mol. The van der Waals surface area contributed by atoms with Crippen LogP contribution in [0.5, 0.6) is 0 Å². The molecule has 1 atom stereocenters. The summed E-state index contributed by atoms with van der Waals surface area (Å²) in [5, 5.41) is 0.605. The Bertz CT molecular complexity index is 841. The molecule has 0 aliphatic rings. The molecule has 0 radical (unpaired) electrons. The molecule has 0 spiro atoms. The number of hydrogen-bond donors (Lipinski definition) is 0. The van der Waals surface area contributed by atoms with Gasteiger partial charge in [-0.15, -0.1) is 0 Å². The average Bonchev–Trinajstić information content (AvgIpc) is 2.55. The summed E-state index contributed by atoms with van der Waals surface area (Å²) in [5.74, 6) is 0.644. The lowest BCUT2D eigenvalue weighted by atomic mass is 10.2. The minimum absolute atomic E-state index is 0.0783. The first-order chi connectivity index (χ1) is 10.7. The number of para-hydroxylation sites is 1. The summed E-state index contributed by atoms with van der Waals surface area (Å²) in [6, 6.07) is 17.1. The summed E-state index contributed by atoms with van der Waals surface area (Å²) in [7, 11) is 0. The maximum absolute atomic E-state index is 12.9. The van der Waals surface area contributed by atoms with Gasteiger partial charge in [0, 0.05) is 12.2 Å². The molecule has 0 aliphatic carbocycles. The minimum Gasteiger partial charge on any atom is -0.354 e. The van der Waals surface area contributed by atoms with E-state index >= 15 is 0 Å². The van der Waals surface area contributed by atoms with E-state index in [-0.39, 0.29) is 5.56 Å². The van der Waals surface area contributed by atoms with Crippen LogP contribution in [0.15, 0.2) is 59.4 Å². The Balaban J connectivity index is 2.24. The van der Waals surface area contributed by atoms with Crippen molar-refractivity contribution < 1.29 is 4.74 Å². The van der Waals surface area contributed by atoms with Crippen LogP contribution in [0.2, 0.25) is 0 Å². The molecule has 0 saturated heterocycles. The summed E-state index contributed by atoms with van der Waals surface area (Å²) in [6.07, 6.45) is -0.462. The van der Waals surface area contributed by atoms with Gasteiger partial charge in [0.05, 0.1) is 10.9 Å². The van der Waals surface area contributed by atoms with E-state index < -0.39 is 6.23 Å². The molecule has 0 bridgehead atoms. The first-order valence-electron chi connectivity index (χ1n) is 7.36. The molecule has 22 heavy (non-hydrogen) atoms. The maximum atomic E-state index is 12.9. The van der Waals surface area contributed by atoms with E-state index in [1.807, 2.05) is 62.4 Å². The van der Waals surface area contributed by atoms with Crippen LogP contribution in [0.25, 0.3) is 10.9 Å². The summed E-state index contributed by atoms with van der Waals surface area (Å²) in [6.45, 7) is 4.27. The standard InChI is InChI=1S/C18H18N2O2/c1-3-22-18(14-9-5-4-6-10-14)20-13(2)19-16-12-8-7-11-15(16)17(20)21/h4-12,18H,3H2,1-2H3. The van der Waals surface area contributed by atoms with Crippen molar-refractivity contribution >= 4 is 10.9 Å². The molecule has 0 N–H and O–H groups in total. The fourth-order valence-electron chi connectivity index (χ4n) is 2.63. The Labute approximate surface area is 129 Å². The van der Waals surface area contributed by atoms with Crippen molar-refractivity contribution in [1.82, 2.24) is 9.55 Å². The third-order valence-electron chi connectivity index (χ3n) is 3.63. The van der Waals surface area contributed by atoms with E-state index in [0.717, 1.165) is 5.56 Å². The highest BCUT2D eigenvalue weighted by atomic mass is 16.5. The summed E-state index contributed by atoms with van der Waals surface area (Å²) < 4.78 is 7.47. The molecule has 1 aromatic heterocycles. The highest BCUT2D eigenvalue weighted by Gasteiger charge is 2.19. The highest BCUT2D eigenvalue weighted by molar-refractivity contribution is 5.77. The molecule has 0 aliphatic heterocycles. The zero-order chi connectivity index (χ0) is 15.5. The molecule has 3 aromatic rings. The molecule has 4 nitrogen and oxygen atoms in total. The van der Waals surface area contributed by atoms with E-state index in [4.69, 9.17) is 4.74 Å². The maximum Gasteiger partial charge on any atom is 0.263 e. The first kappa shape index (κ1) is 14.5. The van der Waals surface area contributed by atoms with Gasteiger partial charge in [-0.1, -0.05) is 42.5 Å². The summed E-state index contributed by atoms with van der Waals surface area (Å²) in [4.78, 5) is 17.4. The molecular formula is C18H18N2O2. The molecule has 1 heterocycles. The first-order valence-corrected chi connectivity index (χ1v) is 7.36. The number of benzene rings is 2. The van der Waals surface area contributed by atoms with Gasteiger partial charge in [0.1, 0.15) is 5.82 Å². The Kier molecular flexibility index (Phi) is 4.02. The van der Waals surface area contributed by atoms with Crippen LogP contribution in [0.3, 0.4) is 0 Å². The number of nitrogens with zero attached hydrogens (tertiary/aromatic N) is 2. The zero-order valence-corrected chi connectivity index (χ0v) is 12.7. The molecule has 0 amide bonds.